The molecule has 4 nitrogen and oxygen atoms in total. The van der Waals surface area contributed by atoms with Crippen LogP contribution in [0.15, 0.2) is 85.2 Å². The molecule has 0 saturated carbocycles. The highest BCUT2D eigenvalue weighted by atomic mass is 14.8. The second-order valence-corrected chi connectivity index (χ2v) is 8.03. The summed E-state index contributed by atoms with van der Waals surface area (Å²) >= 11 is 0. The smallest absolute Gasteiger partial charge is 0.0827 e. The molecule has 0 saturated heterocycles. The normalized spacial score (nSPS) is 11.1. The molecule has 0 bridgehead atoms. The number of fused-ring (bicyclic) bond motifs is 1. The van der Waals surface area contributed by atoms with Crippen LogP contribution in [-0.2, 0) is 6.42 Å². The zero-order valence-corrected chi connectivity index (χ0v) is 18.2. The first-order valence-corrected chi connectivity index (χ1v) is 10.7. The molecule has 0 fully saturated rings. The summed E-state index contributed by atoms with van der Waals surface area (Å²) in [7, 11) is 0. The van der Waals surface area contributed by atoms with E-state index < -0.39 is 0 Å². The fourth-order valence-corrected chi connectivity index (χ4v) is 4.24. The van der Waals surface area contributed by atoms with Gasteiger partial charge in [-0.3, -0.25) is 9.97 Å². The molecule has 0 aliphatic carbocycles. The van der Waals surface area contributed by atoms with E-state index in [1.807, 2.05) is 54.9 Å². The van der Waals surface area contributed by atoms with Crippen LogP contribution in [0, 0.1) is 13.8 Å². The van der Waals surface area contributed by atoms with E-state index in [2.05, 4.69) is 44.2 Å². The van der Waals surface area contributed by atoms with Gasteiger partial charge in [0, 0.05) is 46.7 Å². The number of pyridine rings is 3. The van der Waals surface area contributed by atoms with Crippen molar-refractivity contribution in [3.8, 4) is 22.5 Å². The number of rotatable bonds is 4. The number of benzene rings is 2. The molecule has 4 heteroatoms. The van der Waals surface area contributed by atoms with Crippen LogP contribution in [0.5, 0.6) is 0 Å². The van der Waals surface area contributed by atoms with E-state index in [0.717, 1.165) is 55.8 Å². The van der Waals surface area contributed by atoms with Crippen molar-refractivity contribution in [2.75, 3.05) is 5.73 Å². The summed E-state index contributed by atoms with van der Waals surface area (Å²) in [4.78, 5) is 14.6. The number of aromatic nitrogens is 3. The highest BCUT2D eigenvalue weighted by Gasteiger charge is 2.22. The second-order valence-electron chi connectivity index (χ2n) is 8.03. The van der Waals surface area contributed by atoms with Gasteiger partial charge < -0.3 is 5.73 Å². The van der Waals surface area contributed by atoms with Gasteiger partial charge in [-0.2, -0.15) is 0 Å². The lowest BCUT2D eigenvalue weighted by Gasteiger charge is -2.19. The molecule has 0 amide bonds. The Morgan fingerprint density at radius 1 is 0.719 bits per heavy atom. The van der Waals surface area contributed by atoms with Gasteiger partial charge in [0.2, 0.25) is 0 Å². The Balaban J connectivity index is 1.92. The Kier molecular flexibility index (Phi) is 5.12. The highest BCUT2D eigenvalue weighted by Crippen LogP contribution is 2.40. The molecular weight excluding hydrogens is 392 g/mol. The zero-order valence-electron chi connectivity index (χ0n) is 18.2. The van der Waals surface area contributed by atoms with Crippen molar-refractivity contribution in [2.24, 2.45) is 0 Å². The van der Waals surface area contributed by atoms with E-state index in [1.54, 1.807) is 0 Å². The van der Waals surface area contributed by atoms with E-state index in [1.165, 1.54) is 0 Å². The lowest BCUT2D eigenvalue weighted by atomic mass is 9.89. The van der Waals surface area contributed by atoms with Crippen LogP contribution in [0.25, 0.3) is 33.4 Å². The second kappa shape index (κ2) is 8.23. The van der Waals surface area contributed by atoms with E-state index in [9.17, 15) is 0 Å². The van der Waals surface area contributed by atoms with E-state index in [0.29, 0.717) is 12.1 Å². The first kappa shape index (κ1) is 19.9. The Morgan fingerprint density at radius 3 is 2.22 bits per heavy atom. The van der Waals surface area contributed by atoms with Crippen molar-refractivity contribution >= 4 is 16.6 Å². The largest absolute Gasteiger partial charge is 0.398 e. The summed E-state index contributed by atoms with van der Waals surface area (Å²) in [6.45, 7) is 4.19. The van der Waals surface area contributed by atoms with Gasteiger partial charge in [-0.1, -0.05) is 48.5 Å². The summed E-state index contributed by atoms with van der Waals surface area (Å²) in [5.41, 5.74) is 16.3. The van der Waals surface area contributed by atoms with Crippen LogP contribution in [-0.4, -0.2) is 15.0 Å². The standard InChI is InChI=1S/C28H24N4/c1-18-9-7-15-30-25(18)17-22-20-11-4-6-14-24(20)32-28(21-12-3-5-13-23(21)29)26(22)27-19(2)10-8-16-31-27/h3-16H,17,29H2,1-2H3. The maximum atomic E-state index is 6.44. The Morgan fingerprint density at radius 2 is 1.44 bits per heavy atom. The summed E-state index contributed by atoms with van der Waals surface area (Å²) in [5, 5.41) is 1.11. The third-order valence-electron chi connectivity index (χ3n) is 5.92. The van der Waals surface area contributed by atoms with Crippen molar-refractivity contribution in [1.29, 1.82) is 0 Å². The van der Waals surface area contributed by atoms with Gasteiger partial charge in [0.15, 0.2) is 0 Å². The van der Waals surface area contributed by atoms with E-state index in [4.69, 9.17) is 20.7 Å². The van der Waals surface area contributed by atoms with Crippen molar-refractivity contribution < 1.29 is 0 Å². The topological polar surface area (TPSA) is 64.7 Å². The first-order chi connectivity index (χ1) is 15.6. The SMILES string of the molecule is Cc1cccnc1Cc1c(-c2ncccc2C)c(-c2ccccc2N)nc2ccccc12. The van der Waals surface area contributed by atoms with Gasteiger partial charge in [-0.15, -0.1) is 0 Å². The van der Waals surface area contributed by atoms with Crippen LogP contribution in [0.3, 0.4) is 0 Å². The number of para-hydroxylation sites is 2. The lowest BCUT2D eigenvalue weighted by Crippen LogP contribution is -2.05. The Labute approximate surface area is 187 Å². The quantitative estimate of drug-likeness (QED) is 0.357. The molecule has 3 heterocycles. The summed E-state index contributed by atoms with van der Waals surface area (Å²) in [5.74, 6) is 0. The number of nitrogen functional groups attached to an aromatic ring is 1. The molecule has 0 aliphatic heterocycles. The van der Waals surface area contributed by atoms with Crippen LogP contribution < -0.4 is 5.73 Å². The van der Waals surface area contributed by atoms with Crippen molar-refractivity contribution in [1.82, 2.24) is 15.0 Å². The minimum Gasteiger partial charge on any atom is -0.398 e. The number of nitrogens with zero attached hydrogens (tertiary/aromatic N) is 3. The molecule has 156 valence electrons. The summed E-state index contributed by atoms with van der Waals surface area (Å²) in [6, 6.07) is 24.3. The molecule has 0 atom stereocenters. The molecule has 32 heavy (non-hydrogen) atoms. The minimum absolute atomic E-state index is 0.681. The fraction of sp³-hybridized carbons (Fsp3) is 0.107. The number of hydrogen-bond donors (Lipinski definition) is 1. The number of aryl methyl sites for hydroxylation is 2. The molecule has 2 N–H and O–H groups in total. The molecule has 5 aromatic rings. The predicted octanol–water partition coefficient (Wildman–Crippen LogP) is 6.15. The average molecular weight is 417 g/mol. The number of nitrogens with two attached hydrogens (primary N) is 1. The van der Waals surface area contributed by atoms with E-state index >= 15 is 0 Å². The van der Waals surface area contributed by atoms with Gasteiger partial charge in [-0.05, 0) is 54.8 Å². The third-order valence-corrected chi connectivity index (χ3v) is 5.92. The van der Waals surface area contributed by atoms with Crippen LogP contribution >= 0.6 is 0 Å². The fourth-order valence-electron chi connectivity index (χ4n) is 4.24. The van der Waals surface area contributed by atoms with Gasteiger partial charge in [0.1, 0.15) is 0 Å². The Bertz CT molecular complexity index is 1440. The van der Waals surface area contributed by atoms with Crippen LogP contribution in [0.2, 0.25) is 0 Å². The molecule has 0 unspecified atom stereocenters. The predicted molar refractivity (Wildman–Crippen MR) is 131 cm³/mol. The lowest BCUT2D eigenvalue weighted by molar-refractivity contribution is 1.05. The maximum absolute atomic E-state index is 6.44. The molecular formula is C28H24N4. The summed E-state index contributed by atoms with van der Waals surface area (Å²) in [6.07, 6.45) is 4.37. The molecule has 0 spiro atoms. The minimum atomic E-state index is 0.681. The number of anilines is 1. The number of hydrogen-bond acceptors (Lipinski definition) is 4. The molecule has 5 rings (SSSR count). The monoisotopic (exact) mass is 416 g/mol. The maximum Gasteiger partial charge on any atom is 0.0827 e. The highest BCUT2D eigenvalue weighted by molar-refractivity contribution is 5.97. The van der Waals surface area contributed by atoms with E-state index in [-0.39, 0.29) is 0 Å². The molecule has 3 aromatic heterocycles. The third kappa shape index (κ3) is 3.50. The average Bonchev–Trinajstić information content (AvgIpc) is 2.81. The van der Waals surface area contributed by atoms with Crippen LogP contribution in [0.1, 0.15) is 22.4 Å². The van der Waals surface area contributed by atoms with Crippen molar-refractivity contribution in [3.63, 3.8) is 0 Å². The van der Waals surface area contributed by atoms with Crippen molar-refractivity contribution in [3.05, 3.63) is 108 Å². The zero-order chi connectivity index (χ0) is 22.1. The Hall–Kier alpha value is -4.05. The van der Waals surface area contributed by atoms with Crippen LogP contribution in [0.4, 0.5) is 5.69 Å². The first-order valence-electron chi connectivity index (χ1n) is 10.7. The van der Waals surface area contributed by atoms with Gasteiger partial charge in [0.25, 0.3) is 0 Å². The summed E-state index contributed by atoms with van der Waals surface area (Å²) < 4.78 is 0. The van der Waals surface area contributed by atoms with Gasteiger partial charge >= 0.3 is 0 Å². The van der Waals surface area contributed by atoms with Crippen molar-refractivity contribution in [2.45, 2.75) is 20.3 Å². The van der Waals surface area contributed by atoms with Gasteiger partial charge in [-0.25, -0.2) is 4.98 Å². The molecule has 2 aromatic carbocycles. The molecule has 0 radical (unpaired) electrons. The van der Waals surface area contributed by atoms with Gasteiger partial charge in [0.05, 0.1) is 16.9 Å². The molecule has 0 aliphatic rings.